The largest absolute Gasteiger partial charge is 0.482 e. The lowest BCUT2D eigenvalue weighted by molar-refractivity contribution is -0.118. The highest BCUT2D eigenvalue weighted by atomic mass is 32.1. The van der Waals surface area contributed by atoms with Gasteiger partial charge in [-0.25, -0.2) is 4.39 Å². The molecule has 0 radical (unpaired) electrons. The van der Waals surface area contributed by atoms with Gasteiger partial charge in [0.05, 0.1) is 22.3 Å². The van der Waals surface area contributed by atoms with Crippen molar-refractivity contribution in [1.82, 2.24) is 9.97 Å². The van der Waals surface area contributed by atoms with Crippen LogP contribution in [0.25, 0.3) is 11.0 Å². The SMILES string of the molecule is O=C1COc2ccc(NC(=O)c3cc(F)cc4[nH]c(=S)[nH]c34)cc2N1. The lowest BCUT2D eigenvalue weighted by atomic mass is 10.1. The summed E-state index contributed by atoms with van der Waals surface area (Å²) in [5.41, 5.74) is 1.82. The summed E-state index contributed by atoms with van der Waals surface area (Å²) in [5.74, 6) is -0.838. The summed E-state index contributed by atoms with van der Waals surface area (Å²) in [6, 6.07) is 7.21. The van der Waals surface area contributed by atoms with Crippen LogP contribution < -0.4 is 15.4 Å². The Morgan fingerprint density at radius 1 is 1.24 bits per heavy atom. The molecule has 4 N–H and O–H groups in total. The molecule has 3 aromatic rings. The van der Waals surface area contributed by atoms with Gasteiger partial charge >= 0.3 is 0 Å². The lowest BCUT2D eigenvalue weighted by Crippen LogP contribution is -2.25. The molecular formula is C16H11FN4O3S. The van der Waals surface area contributed by atoms with Gasteiger partial charge in [-0.1, -0.05) is 0 Å². The number of carbonyl (C=O) groups is 2. The number of benzene rings is 2. The Bertz CT molecular complexity index is 1090. The van der Waals surface area contributed by atoms with Gasteiger partial charge in [-0.05, 0) is 42.5 Å². The van der Waals surface area contributed by atoms with Gasteiger partial charge in [0.15, 0.2) is 11.4 Å². The number of hydrogen-bond donors (Lipinski definition) is 4. The number of halogens is 1. The maximum absolute atomic E-state index is 13.8. The third kappa shape index (κ3) is 2.85. The number of amides is 2. The Hall–Kier alpha value is -3.20. The smallest absolute Gasteiger partial charge is 0.262 e. The van der Waals surface area contributed by atoms with Gasteiger partial charge in [-0.15, -0.1) is 0 Å². The summed E-state index contributed by atoms with van der Waals surface area (Å²) in [5, 5.41) is 5.33. The lowest BCUT2D eigenvalue weighted by Gasteiger charge is -2.18. The van der Waals surface area contributed by atoms with E-state index in [2.05, 4.69) is 20.6 Å². The minimum atomic E-state index is -0.561. The average molecular weight is 358 g/mol. The van der Waals surface area contributed by atoms with Crippen molar-refractivity contribution < 1.29 is 18.7 Å². The minimum absolute atomic E-state index is 0.0489. The van der Waals surface area contributed by atoms with E-state index in [1.54, 1.807) is 18.2 Å². The molecule has 0 atom stereocenters. The highest BCUT2D eigenvalue weighted by molar-refractivity contribution is 7.71. The van der Waals surface area contributed by atoms with Crippen LogP contribution in [0.2, 0.25) is 0 Å². The number of aromatic nitrogens is 2. The number of fused-ring (bicyclic) bond motifs is 2. The molecule has 0 aliphatic carbocycles. The van der Waals surface area contributed by atoms with Crippen LogP contribution in [-0.2, 0) is 4.79 Å². The first kappa shape index (κ1) is 15.3. The van der Waals surface area contributed by atoms with Crippen LogP contribution in [0.4, 0.5) is 15.8 Å². The normalized spacial score (nSPS) is 13.1. The molecular weight excluding hydrogens is 347 g/mol. The molecule has 1 aromatic heterocycles. The van der Waals surface area contributed by atoms with E-state index in [9.17, 15) is 14.0 Å². The van der Waals surface area contributed by atoms with E-state index in [4.69, 9.17) is 17.0 Å². The standard InChI is InChI=1S/C16H11FN4O3S/c17-7-3-9(14-11(4-7)20-16(25)21-14)15(23)18-8-1-2-12-10(5-8)19-13(22)6-24-12/h1-5H,6H2,(H,18,23)(H,19,22)(H2,20,21,25). The second-order valence-corrected chi connectivity index (χ2v) is 5.87. The number of imidazole rings is 1. The van der Waals surface area contributed by atoms with Crippen molar-refractivity contribution in [3.63, 3.8) is 0 Å². The third-order valence-corrected chi connectivity index (χ3v) is 3.91. The summed E-state index contributed by atoms with van der Waals surface area (Å²) >= 11 is 4.99. The monoisotopic (exact) mass is 358 g/mol. The fourth-order valence-electron chi connectivity index (χ4n) is 2.65. The van der Waals surface area contributed by atoms with E-state index < -0.39 is 11.7 Å². The van der Waals surface area contributed by atoms with E-state index in [1.807, 2.05) is 0 Å². The van der Waals surface area contributed by atoms with E-state index in [0.29, 0.717) is 32.9 Å². The van der Waals surface area contributed by atoms with Crippen molar-refractivity contribution >= 4 is 46.4 Å². The van der Waals surface area contributed by atoms with E-state index >= 15 is 0 Å². The predicted molar refractivity (Wildman–Crippen MR) is 92.0 cm³/mol. The number of aromatic amines is 2. The minimum Gasteiger partial charge on any atom is -0.482 e. The Labute approximate surface area is 145 Å². The first-order chi connectivity index (χ1) is 12.0. The number of H-pyrrole nitrogens is 2. The number of nitrogens with one attached hydrogen (secondary N) is 4. The summed E-state index contributed by atoms with van der Waals surface area (Å²) in [6.07, 6.45) is 0. The Kier molecular flexibility index (Phi) is 3.50. The molecule has 25 heavy (non-hydrogen) atoms. The van der Waals surface area contributed by atoms with Gasteiger partial charge in [-0.3, -0.25) is 9.59 Å². The van der Waals surface area contributed by atoms with Gasteiger partial charge in [-0.2, -0.15) is 0 Å². The van der Waals surface area contributed by atoms with Crippen LogP contribution in [0.3, 0.4) is 0 Å². The number of anilines is 2. The van der Waals surface area contributed by atoms with Crippen LogP contribution in [0.1, 0.15) is 10.4 Å². The molecule has 0 bridgehead atoms. The second kappa shape index (κ2) is 5.71. The molecule has 2 amide bonds. The highest BCUT2D eigenvalue weighted by Gasteiger charge is 2.18. The zero-order chi connectivity index (χ0) is 17.6. The maximum atomic E-state index is 13.8. The quantitative estimate of drug-likeness (QED) is 0.529. The van der Waals surface area contributed by atoms with Gasteiger partial charge in [0.2, 0.25) is 0 Å². The Balaban J connectivity index is 1.68. The zero-order valence-corrected chi connectivity index (χ0v) is 13.4. The molecule has 126 valence electrons. The zero-order valence-electron chi connectivity index (χ0n) is 12.6. The van der Waals surface area contributed by atoms with Crippen LogP contribution in [0.5, 0.6) is 5.75 Å². The molecule has 0 saturated heterocycles. The number of ether oxygens (including phenoxy) is 1. The molecule has 4 rings (SSSR count). The predicted octanol–water partition coefficient (Wildman–Crippen LogP) is 2.95. The van der Waals surface area contributed by atoms with Gasteiger partial charge < -0.3 is 25.3 Å². The molecule has 1 aliphatic rings. The van der Waals surface area contributed by atoms with E-state index in [-0.39, 0.29) is 18.1 Å². The van der Waals surface area contributed by atoms with Crippen LogP contribution in [0, 0.1) is 10.6 Å². The molecule has 2 heterocycles. The van der Waals surface area contributed by atoms with Gasteiger partial charge in [0.1, 0.15) is 11.6 Å². The van der Waals surface area contributed by atoms with Gasteiger partial charge in [0.25, 0.3) is 11.8 Å². The summed E-state index contributed by atoms with van der Waals surface area (Å²) in [4.78, 5) is 29.6. The summed E-state index contributed by atoms with van der Waals surface area (Å²) in [6.45, 7) is -0.0489. The third-order valence-electron chi connectivity index (χ3n) is 3.70. The Morgan fingerprint density at radius 3 is 2.92 bits per heavy atom. The van der Waals surface area contributed by atoms with Crippen LogP contribution in [-0.4, -0.2) is 28.4 Å². The number of hydrogen-bond acceptors (Lipinski definition) is 4. The second-order valence-electron chi connectivity index (χ2n) is 5.46. The van der Waals surface area contributed by atoms with Crippen molar-refractivity contribution in [1.29, 1.82) is 0 Å². The topological polar surface area (TPSA) is 99.0 Å². The van der Waals surface area contributed by atoms with Gasteiger partial charge in [0, 0.05) is 5.69 Å². The molecule has 0 fully saturated rings. The van der Waals surface area contributed by atoms with Crippen molar-refractivity contribution in [2.75, 3.05) is 17.2 Å². The van der Waals surface area contributed by atoms with Crippen molar-refractivity contribution in [2.45, 2.75) is 0 Å². The highest BCUT2D eigenvalue weighted by Crippen LogP contribution is 2.30. The molecule has 1 aliphatic heterocycles. The fraction of sp³-hybridized carbons (Fsp3) is 0.0625. The van der Waals surface area contributed by atoms with Crippen LogP contribution in [0.15, 0.2) is 30.3 Å². The van der Waals surface area contributed by atoms with Crippen molar-refractivity contribution in [3.05, 3.63) is 46.5 Å². The fourth-order valence-corrected chi connectivity index (χ4v) is 2.86. The van der Waals surface area contributed by atoms with Crippen molar-refractivity contribution in [2.24, 2.45) is 0 Å². The number of rotatable bonds is 2. The molecule has 9 heteroatoms. The van der Waals surface area contributed by atoms with Crippen LogP contribution >= 0.6 is 12.2 Å². The molecule has 7 nitrogen and oxygen atoms in total. The van der Waals surface area contributed by atoms with Crippen molar-refractivity contribution in [3.8, 4) is 5.75 Å². The Morgan fingerprint density at radius 2 is 2.08 bits per heavy atom. The molecule has 2 aromatic carbocycles. The maximum Gasteiger partial charge on any atom is 0.262 e. The number of carbonyl (C=O) groups excluding carboxylic acids is 2. The average Bonchev–Trinajstić information content (AvgIpc) is 2.93. The van der Waals surface area contributed by atoms with E-state index in [0.717, 1.165) is 6.07 Å². The first-order valence-corrected chi connectivity index (χ1v) is 7.70. The molecule has 0 saturated carbocycles. The molecule has 0 spiro atoms. The first-order valence-electron chi connectivity index (χ1n) is 7.29. The summed E-state index contributed by atoms with van der Waals surface area (Å²) in [7, 11) is 0. The summed E-state index contributed by atoms with van der Waals surface area (Å²) < 4.78 is 19.3. The molecule has 0 unspecified atom stereocenters. The van der Waals surface area contributed by atoms with E-state index in [1.165, 1.54) is 6.07 Å².